The molecule has 2 heterocycles. The highest BCUT2D eigenvalue weighted by Gasteiger charge is 2.20. The summed E-state index contributed by atoms with van der Waals surface area (Å²) in [4.78, 5) is 29.8. The molecule has 4 rings (SSSR count). The predicted molar refractivity (Wildman–Crippen MR) is 94.6 cm³/mol. The fraction of sp³-hybridized carbons (Fsp3) is 0. The molecule has 0 spiro atoms. The zero-order valence-electron chi connectivity index (χ0n) is 13.9. The van der Waals surface area contributed by atoms with Crippen molar-refractivity contribution < 1.29 is 18.5 Å². The first kappa shape index (κ1) is 17.3. The number of aromatic nitrogens is 4. The Kier molecular flexibility index (Phi) is 4.03. The highest BCUT2D eigenvalue weighted by Crippen LogP contribution is 2.27. The Morgan fingerprint density at radius 1 is 1.18 bits per heavy atom. The van der Waals surface area contributed by atoms with E-state index in [9.17, 15) is 23.7 Å². The standard InChI is InChI=1S/C17H10F2N6O3/c18-9-2-1-3-10(19)14(9)17(26)23-13-7-20-24-15(13)16-21-11-5-4-8(25(27)28)6-12(11)22-16/h1-7H,(H,20,24)(H,21,22)(H,23,26). The molecule has 0 unspecified atom stereocenters. The molecule has 0 bridgehead atoms. The number of imidazole rings is 1. The van der Waals surface area contributed by atoms with Crippen molar-refractivity contribution in [1.82, 2.24) is 20.2 Å². The van der Waals surface area contributed by atoms with Gasteiger partial charge >= 0.3 is 0 Å². The number of anilines is 1. The van der Waals surface area contributed by atoms with E-state index in [1.54, 1.807) is 0 Å². The number of halogens is 2. The van der Waals surface area contributed by atoms with Crippen molar-refractivity contribution in [2.24, 2.45) is 0 Å². The molecule has 2 aromatic carbocycles. The van der Waals surface area contributed by atoms with Gasteiger partial charge in [-0.1, -0.05) is 6.07 Å². The van der Waals surface area contributed by atoms with Crippen LogP contribution in [0.25, 0.3) is 22.6 Å². The van der Waals surface area contributed by atoms with Gasteiger partial charge in [0.15, 0.2) is 5.82 Å². The molecule has 140 valence electrons. The van der Waals surface area contributed by atoms with E-state index in [1.807, 2.05) is 0 Å². The fourth-order valence-corrected chi connectivity index (χ4v) is 2.69. The summed E-state index contributed by atoms with van der Waals surface area (Å²) in [6.07, 6.45) is 1.25. The third-order valence-corrected chi connectivity index (χ3v) is 3.99. The van der Waals surface area contributed by atoms with Crippen molar-refractivity contribution in [2.75, 3.05) is 5.32 Å². The second-order valence-electron chi connectivity index (χ2n) is 5.75. The maximum atomic E-state index is 13.8. The molecule has 28 heavy (non-hydrogen) atoms. The Hall–Kier alpha value is -4.15. The summed E-state index contributed by atoms with van der Waals surface area (Å²) in [6, 6.07) is 7.19. The van der Waals surface area contributed by atoms with Crippen LogP contribution < -0.4 is 5.32 Å². The van der Waals surface area contributed by atoms with Gasteiger partial charge in [0, 0.05) is 12.1 Å². The molecule has 0 atom stereocenters. The highest BCUT2D eigenvalue weighted by atomic mass is 19.1. The number of nitro groups is 1. The monoisotopic (exact) mass is 384 g/mol. The van der Waals surface area contributed by atoms with E-state index in [4.69, 9.17) is 0 Å². The number of non-ortho nitro benzene ring substituents is 1. The van der Waals surface area contributed by atoms with Gasteiger partial charge in [0.1, 0.15) is 22.9 Å². The number of aromatic amines is 2. The van der Waals surface area contributed by atoms with Crippen LogP contribution in [0.5, 0.6) is 0 Å². The van der Waals surface area contributed by atoms with Crippen LogP contribution in [0, 0.1) is 21.7 Å². The van der Waals surface area contributed by atoms with Gasteiger partial charge in [-0.2, -0.15) is 5.10 Å². The molecule has 0 aliphatic carbocycles. The summed E-state index contributed by atoms with van der Waals surface area (Å²) < 4.78 is 27.6. The second-order valence-corrected chi connectivity index (χ2v) is 5.75. The number of carbonyl (C=O) groups is 1. The van der Waals surface area contributed by atoms with Crippen LogP contribution in [0.3, 0.4) is 0 Å². The molecule has 11 heteroatoms. The first-order valence-corrected chi connectivity index (χ1v) is 7.87. The van der Waals surface area contributed by atoms with Crippen LogP contribution in [0.15, 0.2) is 42.6 Å². The number of H-pyrrole nitrogens is 2. The number of hydrogen-bond acceptors (Lipinski definition) is 5. The minimum Gasteiger partial charge on any atom is -0.336 e. The lowest BCUT2D eigenvalue weighted by Gasteiger charge is -2.06. The van der Waals surface area contributed by atoms with Crippen LogP contribution in [0.1, 0.15) is 10.4 Å². The van der Waals surface area contributed by atoms with Gasteiger partial charge in [-0.05, 0) is 18.2 Å². The molecular formula is C17H10F2N6O3. The molecule has 0 saturated carbocycles. The quantitative estimate of drug-likeness (QED) is 0.367. The number of hydrogen-bond donors (Lipinski definition) is 3. The van der Waals surface area contributed by atoms with Crippen LogP contribution >= 0.6 is 0 Å². The lowest BCUT2D eigenvalue weighted by Crippen LogP contribution is -2.16. The molecule has 0 aliphatic rings. The molecule has 0 saturated heterocycles. The normalized spacial score (nSPS) is 10.9. The Labute approximate surface area is 154 Å². The molecular weight excluding hydrogens is 374 g/mol. The van der Waals surface area contributed by atoms with Crippen LogP contribution in [0.4, 0.5) is 20.2 Å². The van der Waals surface area contributed by atoms with E-state index >= 15 is 0 Å². The van der Waals surface area contributed by atoms with E-state index in [0.717, 1.165) is 18.2 Å². The van der Waals surface area contributed by atoms with Gasteiger partial charge < -0.3 is 10.3 Å². The first-order chi connectivity index (χ1) is 13.4. The number of nitrogens with zero attached hydrogens (tertiary/aromatic N) is 3. The van der Waals surface area contributed by atoms with Gasteiger partial charge in [0.25, 0.3) is 11.6 Å². The number of nitro benzene ring substituents is 1. The molecule has 9 nitrogen and oxygen atoms in total. The minimum absolute atomic E-state index is 0.115. The number of rotatable bonds is 4. The van der Waals surface area contributed by atoms with Crippen molar-refractivity contribution in [1.29, 1.82) is 0 Å². The lowest BCUT2D eigenvalue weighted by molar-refractivity contribution is -0.384. The average Bonchev–Trinajstić information content (AvgIpc) is 3.26. The highest BCUT2D eigenvalue weighted by molar-refractivity contribution is 6.06. The molecule has 2 aromatic heterocycles. The topological polar surface area (TPSA) is 130 Å². The second kappa shape index (κ2) is 6.54. The van der Waals surface area contributed by atoms with E-state index in [1.165, 1.54) is 24.4 Å². The third kappa shape index (κ3) is 2.94. The van der Waals surface area contributed by atoms with Gasteiger partial charge in [-0.15, -0.1) is 0 Å². The summed E-state index contributed by atoms with van der Waals surface area (Å²) in [7, 11) is 0. The summed E-state index contributed by atoms with van der Waals surface area (Å²) in [5.74, 6) is -2.76. The number of carbonyl (C=O) groups excluding carboxylic acids is 1. The number of amides is 1. The van der Waals surface area contributed by atoms with Crippen LogP contribution in [-0.2, 0) is 0 Å². The van der Waals surface area contributed by atoms with E-state index in [0.29, 0.717) is 11.0 Å². The SMILES string of the molecule is O=C(Nc1cn[nH]c1-c1nc2ccc([N+](=O)[O-])cc2[nH]1)c1c(F)cccc1F. The van der Waals surface area contributed by atoms with Crippen LogP contribution in [0.2, 0.25) is 0 Å². The van der Waals surface area contributed by atoms with Crippen LogP contribution in [-0.4, -0.2) is 31.0 Å². The Morgan fingerprint density at radius 3 is 2.64 bits per heavy atom. The van der Waals surface area contributed by atoms with Crippen molar-refractivity contribution in [2.45, 2.75) is 0 Å². The van der Waals surface area contributed by atoms with Crippen molar-refractivity contribution in [3.8, 4) is 11.5 Å². The predicted octanol–water partition coefficient (Wildman–Crippen LogP) is 3.39. The van der Waals surface area contributed by atoms with Crippen molar-refractivity contribution in [3.05, 3.63) is 69.9 Å². The molecule has 0 radical (unpaired) electrons. The summed E-state index contributed by atoms with van der Waals surface area (Å²) >= 11 is 0. The Morgan fingerprint density at radius 2 is 1.93 bits per heavy atom. The maximum absolute atomic E-state index is 13.8. The Bertz CT molecular complexity index is 1210. The molecule has 0 fully saturated rings. The van der Waals surface area contributed by atoms with Gasteiger partial charge in [0.2, 0.25) is 0 Å². The first-order valence-electron chi connectivity index (χ1n) is 7.87. The fourth-order valence-electron chi connectivity index (χ4n) is 2.69. The maximum Gasteiger partial charge on any atom is 0.271 e. The third-order valence-electron chi connectivity index (χ3n) is 3.99. The van der Waals surface area contributed by atoms with Gasteiger partial charge in [-0.3, -0.25) is 20.0 Å². The van der Waals surface area contributed by atoms with E-state index < -0.39 is 28.0 Å². The number of nitrogens with one attached hydrogen (secondary N) is 3. The molecule has 4 aromatic rings. The van der Waals surface area contributed by atoms with Gasteiger partial charge in [0.05, 0.1) is 27.8 Å². The zero-order valence-corrected chi connectivity index (χ0v) is 13.9. The summed E-state index contributed by atoms with van der Waals surface area (Å²) in [5, 5.41) is 19.7. The minimum atomic E-state index is -1.00. The summed E-state index contributed by atoms with van der Waals surface area (Å²) in [6.45, 7) is 0. The molecule has 0 aliphatic heterocycles. The molecule has 1 amide bonds. The average molecular weight is 384 g/mol. The zero-order chi connectivity index (χ0) is 19.8. The lowest BCUT2D eigenvalue weighted by atomic mass is 10.2. The molecule has 3 N–H and O–H groups in total. The number of fused-ring (bicyclic) bond motifs is 1. The largest absolute Gasteiger partial charge is 0.336 e. The van der Waals surface area contributed by atoms with E-state index in [2.05, 4.69) is 25.5 Å². The Balaban J connectivity index is 1.69. The van der Waals surface area contributed by atoms with Crippen molar-refractivity contribution >= 4 is 28.3 Å². The van der Waals surface area contributed by atoms with Gasteiger partial charge in [-0.25, -0.2) is 13.8 Å². The smallest absolute Gasteiger partial charge is 0.271 e. The van der Waals surface area contributed by atoms with Crippen molar-refractivity contribution in [3.63, 3.8) is 0 Å². The number of benzene rings is 2. The summed E-state index contributed by atoms with van der Waals surface area (Å²) in [5.41, 5.74) is 0.375. The van der Waals surface area contributed by atoms with E-state index in [-0.39, 0.29) is 22.9 Å².